The van der Waals surface area contributed by atoms with Gasteiger partial charge < -0.3 is 9.84 Å². The van der Waals surface area contributed by atoms with Crippen molar-refractivity contribution in [2.24, 2.45) is 0 Å². The van der Waals surface area contributed by atoms with Gasteiger partial charge in [-0.25, -0.2) is 4.79 Å². The Balaban J connectivity index is 2.70. The van der Waals surface area contributed by atoms with Crippen LogP contribution < -0.4 is 0 Å². The van der Waals surface area contributed by atoms with Crippen LogP contribution in [0.4, 0.5) is 4.79 Å². The number of aromatic nitrogens is 1. The lowest BCUT2D eigenvalue weighted by molar-refractivity contribution is 0.174. The number of hydrogen-bond donors (Lipinski definition) is 1. The fourth-order valence-corrected chi connectivity index (χ4v) is 1.41. The van der Waals surface area contributed by atoms with Crippen molar-refractivity contribution in [3.63, 3.8) is 0 Å². The third kappa shape index (κ3) is 1.12. The molecule has 4 heteroatoms. The number of fused-ring (bicyclic) bond motifs is 1. The van der Waals surface area contributed by atoms with E-state index in [9.17, 15) is 9.90 Å². The van der Waals surface area contributed by atoms with E-state index in [2.05, 4.69) is 4.74 Å². The van der Waals surface area contributed by atoms with Gasteiger partial charge in [-0.3, -0.25) is 4.57 Å². The van der Waals surface area contributed by atoms with Crippen molar-refractivity contribution in [1.29, 1.82) is 0 Å². The summed E-state index contributed by atoms with van der Waals surface area (Å²) in [5, 5.41) is 10.1. The van der Waals surface area contributed by atoms with Crippen molar-refractivity contribution in [3.05, 3.63) is 30.5 Å². The summed E-state index contributed by atoms with van der Waals surface area (Å²) in [6, 6.07) is 6.66. The Morgan fingerprint density at radius 3 is 2.93 bits per heavy atom. The lowest BCUT2D eigenvalue weighted by atomic mass is 10.2. The van der Waals surface area contributed by atoms with E-state index in [0.29, 0.717) is 10.9 Å². The molecule has 0 atom stereocenters. The van der Waals surface area contributed by atoms with Gasteiger partial charge in [-0.15, -0.1) is 0 Å². The second-order valence-electron chi connectivity index (χ2n) is 2.87. The summed E-state index contributed by atoms with van der Waals surface area (Å²) in [4.78, 5) is 11.3. The highest BCUT2D eigenvalue weighted by Crippen LogP contribution is 2.24. The molecule has 0 saturated carbocycles. The third-order valence-corrected chi connectivity index (χ3v) is 2.08. The lowest BCUT2D eigenvalue weighted by Gasteiger charge is -2.01. The number of nitrogens with zero attached hydrogens (tertiary/aromatic N) is 1. The van der Waals surface area contributed by atoms with Crippen LogP contribution in [0.5, 0.6) is 5.75 Å². The van der Waals surface area contributed by atoms with Crippen LogP contribution in [-0.4, -0.2) is 22.9 Å². The van der Waals surface area contributed by atoms with Gasteiger partial charge in [0.1, 0.15) is 5.75 Å². The molecule has 2 aromatic rings. The molecule has 0 aliphatic heterocycles. The van der Waals surface area contributed by atoms with Crippen LogP contribution >= 0.6 is 0 Å². The van der Waals surface area contributed by atoms with Crippen molar-refractivity contribution in [2.75, 3.05) is 7.11 Å². The third-order valence-electron chi connectivity index (χ3n) is 2.08. The summed E-state index contributed by atoms with van der Waals surface area (Å²) in [5.74, 6) is 0.158. The maximum Gasteiger partial charge on any atom is 0.418 e. The van der Waals surface area contributed by atoms with E-state index < -0.39 is 6.09 Å². The molecule has 0 spiro atoms. The topological polar surface area (TPSA) is 51.5 Å². The summed E-state index contributed by atoms with van der Waals surface area (Å²) in [5.41, 5.74) is 0.636. The Morgan fingerprint density at radius 1 is 1.43 bits per heavy atom. The number of carbonyl (C=O) groups is 1. The molecular weight excluding hydrogens is 182 g/mol. The van der Waals surface area contributed by atoms with E-state index in [1.807, 2.05) is 0 Å². The molecule has 2 rings (SSSR count). The number of phenolic OH excluding ortho intramolecular Hbond substituents is 1. The summed E-state index contributed by atoms with van der Waals surface area (Å²) < 4.78 is 5.93. The van der Waals surface area contributed by atoms with E-state index in [0.717, 1.165) is 0 Å². The molecule has 0 fully saturated rings. The predicted octanol–water partition coefficient (Wildman–Crippen LogP) is 1.96. The Hall–Kier alpha value is -1.97. The predicted molar refractivity (Wildman–Crippen MR) is 51.4 cm³/mol. The summed E-state index contributed by atoms with van der Waals surface area (Å²) >= 11 is 0. The molecule has 4 nitrogen and oxygen atoms in total. The fraction of sp³-hybridized carbons (Fsp3) is 0.100. The SMILES string of the molecule is COC(=O)n1ccc2c(O)cccc21. The van der Waals surface area contributed by atoms with Gasteiger partial charge in [0.15, 0.2) is 0 Å². The molecule has 1 heterocycles. The Bertz CT molecular complexity index is 487. The van der Waals surface area contributed by atoms with E-state index in [4.69, 9.17) is 0 Å². The second kappa shape index (κ2) is 3.06. The lowest BCUT2D eigenvalue weighted by Crippen LogP contribution is -2.09. The van der Waals surface area contributed by atoms with Gasteiger partial charge in [-0.2, -0.15) is 0 Å². The van der Waals surface area contributed by atoms with Gasteiger partial charge in [-0.1, -0.05) is 6.07 Å². The molecule has 1 aromatic heterocycles. The van der Waals surface area contributed by atoms with Crippen LogP contribution in [0, 0.1) is 0 Å². The molecule has 0 saturated heterocycles. The zero-order valence-electron chi connectivity index (χ0n) is 7.60. The largest absolute Gasteiger partial charge is 0.507 e. The number of benzene rings is 1. The first-order valence-corrected chi connectivity index (χ1v) is 4.11. The summed E-state index contributed by atoms with van der Waals surface area (Å²) in [6.45, 7) is 0. The quantitative estimate of drug-likeness (QED) is 0.692. The molecule has 0 bridgehead atoms. The molecule has 0 radical (unpaired) electrons. The van der Waals surface area contributed by atoms with Crippen LogP contribution in [0.15, 0.2) is 30.5 Å². The summed E-state index contributed by atoms with van der Waals surface area (Å²) in [7, 11) is 1.32. The highest BCUT2D eigenvalue weighted by Gasteiger charge is 2.09. The van der Waals surface area contributed by atoms with Gasteiger partial charge in [0, 0.05) is 11.6 Å². The second-order valence-corrected chi connectivity index (χ2v) is 2.87. The number of ether oxygens (including phenoxy) is 1. The van der Waals surface area contributed by atoms with Gasteiger partial charge in [-0.05, 0) is 18.2 Å². The van der Waals surface area contributed by atoms with Crippen LogP contribution in [0.25, 0.3) is 10.9 Å². The van der Waals surface area contributed by atoms with Gasteiger partial charge in [0.2, 0.25) is 0 Å². The minimum Gasteiger partial charge on any atom is -0.507 e. The minimum absolute atomic E-state index is 0.158. The van der Waals surface area contributed by atoms with Crippen molar-refractivity contribution >= 4 is 17.0 Å². The van der Waals surface area contributed by atoms with Crippen molar-refractivity contribution in [3.8, 4) is 5.75 Å². The van der Waals surface area contributed by atoms with Crippen molar-refractivity contribution in [1.82, 2.24) is 4.57 Å². The first-order valence-electron chi connectivity index (χ1n) is 4.11. The molecule has 0 amide bonds. The van der Waals surface area contributed by atoms with Crippen molar-refractivity contribution in [2.45, 2.75) is 0 Å². The number of methoxy groups -OCH3 is 1. The Morgan fingerprint density at radius 2 is 2.21 bits per heavy atom. The Labute approximate surface area is 80.3 Å². The highest BCUT2D eigenvalue weighted by molar-refractivity contribution is 5.92. The number of hydrogen-bond acceptors (Lipinski definition) is 3. The monoisotopic (exact) mass is 191 g/mol. The molecule has 0 aliphatic carbocycles. The van der Waals surface area contributed by atoms with Gasteiger partial charge in [0.05, 0.1) is 12.6 Å². The van der Waals surface area contributed by atoms with Gasteiger partial charge in [0.25, 0.3) is 0 Å². The van der Waals surface area contributed by atoms with Crippen LogP contribution in [0.1, 0.15) is 0 Å². The van der Waals surface area contributed by atoms with Crippen LogP contribution in [0.3, 0.4) is 0 Å². The molecule has 0 unspecified atom stereocenters. The normalized spacial score (nSPS) is 10.4. The number of rotatable bonds is 0. The molecule has 14 heavy (non-hydrogen) atoms. The first-order chi connectivity index (χ1) is 6.74. The highest BCUT2D eigenvalue weighted by atomic mass is 16.5. The number of carbonyl (C=O) groups excluding carboxylic acids is 1. The average Bonchev–Trinajstić information content (AvgIpc) is 2.62. The minimum atomic E-state index is -0.467. The zero-order chi connectivity index (χ0) is 10.1. The first kappa shape index (κ1) is 8.62. The Kier molecular flexibility index (Phi) is 1.89. The fourth-order valence-electron chi connectivity index (χ4n) is 1.41. The molecule has 1 aromatic carbocycles. The maximum absolute atomic E-state index is 11.3. The molecule has 0 aliphatic rings. The van der Waals surface area contributed by atoms with Crippen LogP contribution in [0.2, 0.25) is 0 Å². The average molecular weight is 191 g/mol. The van der Waals surface area contributed by atoms with E-state index in [1.165, 1.54) is 11.7 Å². The maximum atomic E-state index is 11.3. The zero-order valence-corrected chi connectivity index (χ0v) is 7.60. The summed E-state index contributed by atoms with van der Waals surface area (Å²) in [6.07, 6.45) is 1.10. The standard InChI is InChI=1S/C10H9NO3/c1-14-10(13)11-6-5-7-8(11)3-2-4-9(7)12/h2-6,12H,1H3. The van der Waals surface area contributed by atoms with Crippen molar-refractivity contribution < 1.29 is 14.6 Å². The molecule has 72 valence electrons. The van der Waals surface area contributed by atoms with Crippen LogP contribution in [-0.2, 0) is 4.74 Å². The van der Waals surface area contributed by atoms with E-state index in [1.54, 1.807) is 30.5 Å². The number of aromatic hydroxyl groups is 1. The smallest absolute Gasteiger partial charge is 0.418 e. The molecular formula is C10H9NO3. The van der Waals surface area contributed by atoms with E-state index >= 15 is 0 Å². The number of phenols is 1. The molecule has 1 N–H and O–H groups in total. The van der Waals surface area contributed by atoms with Gasteiger partial charge >= 0.3 is 6.09 Å². The van der Waals surface area contributed by atoms with E-state index in [-0.39, 0.29) is 5.75 Å².